The van der Waals surface area contributed by atoms with Gasteiger partial charge in [-0.1, -0.05) is 55.1 Å². The highest BCUT2D eigenvalue weighted by molar-refractivity contribution is 6.05. The number of benzene rings is 1. The maximum atomic E-state index is 12.0. The molecule has 0 aliphatic heterocycles. The number of aliphatic hydroxyl groups excluding tert-OH is 1. The smallest absolute Gasteiger partial charge is 0.189 e. The minimum Gasteiger partial charge on any atom is -0.507 e. The largest absolute Gasteiger partial charge is 0.507 e. The molecule has 0 saturated carbocycles. The van der Waals surface area contributed by atoms with E-state index < -0.39 is 0 Å². The van der Waals surface area contributed by atoms with E-state index >= 15 is 0 Å². The van der Waals surface area contributed by atoms with E-state index in [1.807, 2.05) is 12.1 Å². The molecule has 0 bridgehead atoms. The Morgan fingerprint density at radius 2 is 1.95 bits per heavy atom. The number of ketones is 1. The summed E-state index contributed by atoms with van der Waals surface area (Å²) in [6.45, 7) is 2.14. The van der Waals surface area contributed by atoms with Crippen molar-refractivity contribution in [3.8, 4) is 0 Å². The lowest BCUT2D eigenvalue weighted by molar-refractivity contribution is 0.104. The summed E-state index contributed by atoms with van der Waals surface area (Å²) in [6, 6.07) is 8.87. The molecular weight excluding hydrogens is 260 g/mol. The van der Waals surface area contributed by atoms with E-state index in [4.69, 9.17) is 0 Å². The van der Waals surface area contributed by atoms with Gasteiger partial charge in [0.15, 0.2) is 5.78 Å². The summed E-state index contributed by atoms with van der Waals surface area (Å²) in [6.07, 6.45) is 8.11. The Kier molecular flexibility index (Phi) is 5.17. The van der Waals surface area contributed by atoms with Gasteiger partial charge in [-0.15, -0.1) is 0 Å². The molecule has 0 aromatic heterocycles. The molecule has 2 rings (SSSR count). The summed E-state index contributed by atoms with van der Waals surface area (Å²) in [7, 11) is 0. The maximum absolute atomic E-state index is 12.0. The number of rotatable bonds is 6. The second-order valence-corrected chi connectivity index (χ2v) is 4.89. The Bertz CT molecular complexity index is 678. The molecule has 0 saturated heterocycles. The highest BCUT2D eigenvalue weighted by atomic mass is 16.3. The zero-order chi connectivity index (χ0) is 15.1. The number of carbonyl (C=O) groups is 1. The zero-order valence-corrected chi connectivity index (χ0v) is 12.1. The van der Waals surface area contributed by atoms with Crippen LogP contribution in [0.3, 0.4) is 0 Å². The van der Waals surface area contributed by atoms with Crippen LogP contribution in [-0.2, 0) is 0 Å². The molecule has 1 N–H and O–H groups in total. The molecule has 2 heteroatoms. The lowest BCUT2D eigenvalue weighted by Gasteiger charge is -2.03. The molecule has 1 aliphatic rings. The lowest BCUT2D eigenvalue weighted by Crippen LogP contribution is -1.97. The number of hydrogen-bond donors (Lipinski definition) is 1. The van der Waals surface area contributed by atoms with Gasteiger partial charge in [-0.05, 0) is 25.0 Å². The van der Waals surface area contributed by atoms with E-state index in [0.29, 0.717) is 11.1 Å². The van der Waals surface area contributed by atoms with E-state index in [1.165, 1.54) is 6.08 Å². The third kappa shape index (κ3) is 4.22. The molecule has 2 nitrogen and oxygen atoms in total. The van der Waals surface area contributed by atoms with Gasteiger partial charge < -0.3 is 5.11 Å². The molecule has 1 aromatic carbocycles. The van der Waals surface area contributed by atoms with Crippen molar-refractivity contribution in [3.05, 3.63) is 82.5 Å². The molecule has 0 fully saturated rings. The van der Waals surface area contributed by atoms with Crippen LogP contribution >= 0.6 is 0 Å². The number of hydrogen-bond acceptors (Lipinski definition) is 2. The highest BCUT2D eigenvalue weighted by Crippen LogP contribution is 2.16. The van der Waals surface area contributed by atoms with E-state index in [1.54, 1.807) is 30.3 Å². The van der Waals surface area contributed by atoms with Gasteiger partial charge in [0, 0.05) is 17.2 Å². The number of carbonyl (C=O) groups excluding carboxylic acids is 1. The van der Waals surface area contributed by atoms with Gasteiger partial charge >= 0.3 is 0 Å². The predicted molar refractivity (Wildman–Crippen MR) is 84.2 cm³/mol. The summed E-state index contributed by atoms with van der Waals surface area (Å²) in [5.41, 5.74) is 8.04. The standard InChI is InChI=1S/C19H18O2/c1-2-3-7-15-10-12-17(13-11-15)19(21)14-18(20)16-8-5-4-6-9-16/h4-6,8-10,12,14,21H,2-3,7H2,1H3/b19-14-. The first-order chi connectivity index (χ1) is 10.2. The van der Waals surface area contributed by atoms with E-state index in [9.17, 15) is 9.90 Å². The van der Waals surface area contributed by atoms with Gasteiger partial charge in [-0.2, -0.15) is 0 Å². The van der Waals surface area contributed by atoms with Crippen molar-refractivity contribution in [1.82, 2.24) is 0 Å². The normalized spacial score (nSPS) is 13.9. The Morgan fingerprint density at radius 3 is 2.57 bits per heavy atom. The molecule has 106 valence electrons. The molecule has 1 aromatic rings. The summed E-state index contributed by atoms with van der Waals surface area (Å²) < 4.78 is 0. The summed E-state index contributed by atoms with van der Waals surface area (Å²) in [4.78, 5) is 12.0. The monoisotopic (exact) mass is 278 g/mol. The van der Waals surface area contributed by atoms with Crippen LogP contribution in [0.1, 0.15) is 36.5 Å². The fourth-order valence-electron chi connectivity index (χ4n) is 1.97. The third-order valence-electron chi connectivity index (χ3n) is 3.21. The van der Waals surface area contributed by atoms with Crippen LogP contribution < -0.4 is 0 Å². The van der Waals surface area contributed by atoms with Crippen molar-refractivity contribution in [2.75, 3.05) is 0 Å². The van der Waals surface area contributed by atoms with Gasteiger partial charge in [0.05, 0.1) is 5.57 Å². The molecule has 1 aliphatic carbocycles. The Balaban J connectivity index is 2.17. The van der Waals surface area contributed by atoms with Crippen LogP contribution in [0, 0.1) is 0 Å². The zero-order valence-electron chi connectivity index (χ0n) is 12.1. The van der Waals surface area contributed by atoms with Gasteiger partial charge in [0.25, 0.3) is 0 Å². The van der Waals surface area contributed by atoms with Crippen LogP contribution in [0.4, 0.5) is 0 Å². The quantitative estimate of drug-likeness (QED) is 0.355. The average Bonchev–Trinajstić information content (AvgIpc) is 2.54. The predicted octanol–water partition coefficient (Wildman–Crippen LogP) is 4.68. The molecule has 0 spiro atoms. The molecule has 0 unspecified atom stereocenters. The summed E-state index contributed by atoms with van der Waals surface area (Å²) in [5, 5.41) is 10.0. The molecule has 0 radical (unpaired) electrons. The highest BCUT2D eigenvalue weighted by Gasteiger charge is 2.07. The SMILES string of the molecule is CCCCC1=C=C=C(/C(O)=C/C(=O)c2ccccc2)C=C1. The van der Waals surface area contributed by atoms with Crippen molar-refractivity contribution >= 4 is 5.78 Å². The first kappa shape index (κ1) is 14.9. The number of aliphatic hydroxyl groups is 1. The second-order valence-electron chi connectivity index (χ2n) is 4.89. The van der Waals surface area contributed by atoms with Crippen molar-refractivity contribution in [2.24, 2.45) is 0 Å². The van der Waals surface area contributed by atoms with E-state index in [2.05, 4.69) is 18.4 Å². The summed E-state index contributed by atoms with van der Waals surface area (Å²) >= 11 is 0. The maximum Gasteiger partial charge on any atom is 0.189 e. The minimum atomic E-state index is -0.225. The van der Waals surface area contributed by atoms with Gasteiger partial charge in [-0.25, -0.2) is 0 Å². The van der Waals surface area contributed by atoms with Crippen molar-refractivity contribution in [3.63, 3.8) is 0 Å². The lowest BCUT2D eigenvalue weighted by atomic mass is 10.0. The van der Waals surface area contributed by atoms with Crippen molar-refractivity contribution in [1.29, 1.82) is 0 Å². The summed E-state index contributed by atoms with van der Waals surface area (Å²) in [5.74, 6) is -0.307. The molecule has 0 heterocycles. The molecule has 0 atom stereocenters. The van der Waals surface area contributed by atoms with Crippen LogP contribution in [0.15, 0.2) is 76.9 Å². The van der Waals surface area contributed by atoms with Crippen molar-refractivity contribution in [2.45, 2.75) is 26.2 Å². The first-order valence-corrected chi connectivity index (χ1v) is 7.14. The Hall–Kier alpha value is -2.53. The molecule has 21 heavy (non-hydrogen) atoms. The topological polar surface area (TPSA) is 37.3 Å². The van der Waals surface area contributed by atoms with Gasteiger partial charge in [0.1, 0.15) is 5.76 Å². The fourth-order valence-corrected chi connectivity index (χ4v) is 1.97. The van der Waals surface area contributed by atoms with E-state index in [-0.39, 0.29) is 11.5 Å². The third-order valence-corrected chi connectivity index (χ3v) is 3.21. The van der Waals surface area contributed by atoms with Crippen molar-refractivity contribution < 1.29 is 9.90 Å². The molecule has 0 amide bonds. The first-order valence-electron chi connectivity index (χ1n) is 7.14. The van der Waals surface area contributed by atoms with Gasteiger partial charge in [-0.3, -0.25) is 4.79 Å². The fraction of sp³-hybridized carbons (Fsp3) is 0.211. The van der Waals surface area contributed by atoms with Crippen LogP contribution in [0.2, 0.25) is 0 Å². The van der Waals surface area contributed by atoms with Gasteiger partial charge in [0.2, 0.25) is 0 Å². The number of allylic oxidation sites excluding steroid dienone is 4. The van der Waals surface area contributed by atoms with Crippen LogP contribution in [-0.4, -0.2) is 10.9 Å². The van der Waals surface area contributed by atoms with Crippen LogP contribution in [0.25, 0.3) is 0 Å². The van der Waals surface area contributed by atoms with Crippen LogP contribution in [0.5, 0.6) is 0 Å². The Morgan fingerprint density at radius 1 is 1.19 bits per heavy atom. The Labute approximate surface area is 125 Å². The minimum absolute atomic E-state index is 0.0813. The number of unbranched alkanes of at least 4 members (excludes halogenated alkanes) is 1. The molecular formula is C19H18O2. The van der Waals surface area contributed by atoms with E-state index in [0.717, 1.165) is 24.8 Å². The average molecular weight is 278 g/mol. The second kappa shape index (κ2) is 7.31.